The van der Waals surface area contributed by atoms with Crippen LogP contribution in [0.4, 0.5) is 0 Å². The minimum Gasteiger partial charge on any atom is -0.216 e. The Kier molecular flexibility index (Phi) is 4.25. The van der Waals surface area contributed by atoms with E-state index in [0.29, 0.717) is 0 Å². The number of isocyanates is 2. The molecule has 0 rings (SSSR count). The molecule has 0 aromatic heterocycles. The van der Waals surface area contributed by atoms with Crippen molar-refractivity contribution in [3.8, 4) is 0 Å². The van der Waals surface area contributed by atoms with Crippen molar-refractivity contribution < 1.29 is 9.59 Å². The SMILES string of the molecule is O=C=N[Si]N=C=O. The molecule has 0 aromatic rings. The highest BCUT2D eigenvalue weighted by Crippen LogP contribution is 1.55. The molecule has 0 fully saturated rings. The van der Waals surface area contributed by atoms with Gasteiger partial charge in [-0.15, -0.1) is 0 Å². The molecule has 0 unspecified atom stereocenters. The van der Waals surface area contributed by atoms with Gasteiger partial charge in [-0.05, 0) is 0 Å². The summed E-state index contributed by atoms with van der Waals surface area (Å²) in [5.41, 5.74) is 0. The molecule has 0 N–H and O–H groups in total. The van der Waals surface area contributed by atoms with Crippen LogP contribution in [0.15, 0.2) is 9.32 Å². The molecule has 0 bridgehead atoms. The second-order valence-electron chi connectivity index (χ2n) is 0.506. The van der Waals surface area contributed by atoms with E-state index in [-0.39, 0.29) is 9.84 Å². The molecule has 7 heavy (non-hydrogen) atoms. The van der Waals surface area contributed by atoms with Crippen molar-refractivity contribution >= 4 is 22.0 Å². The maximum atomic E-state index is 9.21. The fraction of sp³-hybridized carbons (Fsp3) is 0. The minimum atomic E-state index is -0.365. The molecule has 0 amide bonds. The summed E-state index contributed by atoms with van der Waals surface area (Å²) in [4.78, 5) is 18.4. The van der Waals surface area contributed by atoms with Crippen LogP contribution in [0, 0.1) is 0 Å². The second-order valence-corrected chi connectivity index (χ2v) is 1.15. The lowest BCUT2D eigenvalue weighted by Gasteiger charge is -1.57. The predicted molar refractivity (Wildman–Crippen MR) is 22.0 cm³/mol. The molecule has 0 aliphatic carbocycles. The van der Waals surface area contributed by atoms with Gasteiger partial charge >= 0.3 is 9.84 Å². The van der Waals surface area contributed by atoms with Crippen molar-refractivity contribution in [2.45, 2.75) is 0 Å². The van der Waals surface area contributed by atoms with Crippen molar-refractivity contribution in [3.05, 3.63) is 0 Å². The maximum absolute atomic E-state index is 9.21. The van der Waals surface area contributed by atoms with Gasteiger partial charge in [0.1, 0.15) is 0 Å². The van der Waals surface area contributed by atoms with Crippen LogP contribution in [0.2, 0.25) is 0 Å². The first kappa shape index (κ1) is 5.98. The zero-order valence-corrected chi connectivity index (χ0v) is 4.21. The zero-order valence-electron chi connectivity index (χ0n) is 3.21. The van der Waals surface area contributed by atoms with Crippen LogP contribution >= 0.6 is 0 Å². The van der Waals surface area contributed by atoms with Crippen LogP contribution in [-0.4, -0.2) is 22.0 Å². The summed E-state index contributed by atoms with van der Waals surface area (Å²) >= 11 is 0. The summed E-state index contributed by atoms with van der Waals surface area (Å²) < 4.78 is 5.91. The molecular formula is C2N2O2Si. The first-order valence-corrected chi connectivity index (χ1v) is 2.20. The molecule has 0 aromatic carbocycles. The average Bonchev–Trinajstić information content (AvgIpc) is 1.69. The van der Waals surface area contributed by atoms with Gasteiger partial charge in [0.05, 0.1) is 0 Å². The van der Waals surface area contributed by atoms with Crippen LogP contribution in [0.3, 0.4) is 0 Å². The number of hydrogen-bond donors (Lipinski definition) is 0. The molecule has 4 nitrogen and oxygen atoms in total. The van der Waals surface area contributed by atoms with Gasteiger partial charge < -0.3 is 0 Å². The number of carbonyl (C=O) groups excluding carboxylic acids is 2. The fourth-order valence-electron chi connectivity index (χ4n) is 0.0658. The molecule has 2 radical (unpaired) electrons. The van der Waals surface area contributed by atoms with E-state index in [1.165, 1.54) is 12.2 Å². The first-order chi connectivity index (χ1) is 3.41. The monoisotopic (exact) mass is 112 g/mol. The van der Waals surface area contributed by atoms with E-state index in [1.54, 1.807) is 0 Å². The molecule has 0 aliphatic heterocycles. The molecular weight excluding hydrogens is 112 g/mol. The Labute approximate surface area is 42.0 Å². The lowest BCUT2D eigenvalue weighted by molar-refractivity contribution is 0.566. The van der Waals surface area contributed by atoms with Gasteiger partial charge in [-0.25, -0.2) is 18.9 Å². The summed E-state index contributed by atoms with van der Waals surface area (Å²) in [6.45, 7) is 0. The molecule has 34 valence electrons. The fourth-order valence-corrected chi connectivity index (χ4v) is 0.197. The highest BCUT2D eigenvalue weighted by molar-refractivity contribution is 6.33. The molecule has 5 heteroatoms. The first-order valence-electron chi connectivity index (χ1n) is 1.30. The van der Waals surface area contributed by atoms with E-state index in [2.05, 4.69) is 9.32 Å². The van der Waals surface area contributed by atoms with Gasteiger partial charge in [0.2, 0.25) is 12.2 Å². The molecule has 0 spiro atoms. The largest absolute Gasteiger partial charge is 0.404 e. The highest BCUT2D eigenvalue weighted by atomic mass is 28.2. The third-order valence-corrected chi connectivity index (χ3v) is 0.574. The Hall–Kier alpha value is -1.02. The highest BCUT2D eigenvalue weighted by Gasteiger charge is 1.72. The summed E-state index contributed by atoms with van der Waals surface area (Å²) in [6.07, 6.45) is 2.43. The van der Waals surface area contributed by atoms with Crippen LogP contribution in [0.1, 0.15) is 0 Å². The second kappa shape index (κ2) is 4.98. The molecule has 0 atom stereocenters. The van der Waals surface area contributed by atoms with Crippen molar-refractivity contribution in [1.29, 1.82) is 0 Å². The van der Waals surface area contributed by atoms with Gasteiger partial charge in [0.25, 0.3) is 0 Å². The van der Waals surface area contributed by atoms with Crippen LogP contribution < -0.4 is 0 Å². The third kappa shape index (κ3) is 4.98. The van der Waals surface area contributed by atoms with Gasteiger partial charge in [0.15, 0.2) is 0 Å². The third-order valence-electron chi connectivity index (χ3n) is 0.191. The van der Waals surface area contributed by atoms with Crippen LogP contribution in [0.25, 0.3) is 0 Å². The Bertz CT molecular complexity index is 117. The number of hydrogen-bond acceptors (Lipinski definition) is 4. The molecule has 0 heterocycles. The van der Waals surface area contributed by atoms with E-state index in [9.17, 15) is 9.59 Å². The topological polar surface area (TPSA) is 58.9 Å². The average molecular weight is 112 g/mol. The van der Waals surface area contributed by atoms with Crippen molar-refractivity contribution in [1.82, 2.24) is 0 Å². The van der Waals surface area contributed by atoms with E-state index in [1.807, 2.05) is 0 Å². The Balaban J connectivity index is 3.33. The van der Waals surface area contributed by atoms with Crippen LogP contribution in [0.5, 0.6) is 0 Å². The molecule has 0 saturated heterocycles. The Morgan fingerprint density at radius 3 is 1.86 bits per heavy atom. The zero-order chi connectivity index (χ0) is 5.54. The number of rotatable bonds is 2. The number of nitrogens with zero attached hydrogens (tertiary/aromatic N) is 2. The summed E-state index contributed by atoms with van der Waals surface area (Å²) in [7, 11) is -0.365. The van der Waals surface area contributed by atoms with Gasteiger partial charge in [-0.3, -0.25) is 0 Å². The van der Waals surface area contributed by atoms with Crippen molar-refractivity contribution in [2.24, 2.45) is 9.32 Å². The quantitative estimate of drug-likeness (QED) is 0.266. The molecule has 0 saturated carbocycles. The summed E-state index contributed by atoms with van der Waals surface area (Å²) in [5.74, 6) is 0. The van der Waals surface area contributed by atoms with Crippen LogP contribution in [-0.2, 0) is 9.59 Å². The Morgan fingerprint density at radius 1 is 1.14 bits per heavy atom. The van der Waals surface area contributed by atoms with E-state index < -0.39 is 0 Å². The lowest BCUT2D eigenvalue weighted by Crippen LogP contribution is -1.73. The molecule has 0 aliphatic rings. The standard InChI is InChI=1S/C2N2O2Si/c5-1-3-7-4-2-6. The van der Waals surface area contributed by atoms with E-state index >= 15 is 0 Å². The summed E-state index contributed by atoms with van der Waals surface area (Å²) in [5, 5.41) is 0. The lowest BCUT2D eigenvalue weighted by atomic mass is 11.7. The maximum Gasteiger partial charge on any atom is 0.404 e. The van der Waals surface area contributed by atoms with E-state index in [0.717, 1.165) is 0 Å². The normalized spacial score (nSPS) is 5.71. The minimum absolute atomic E-state index is 0.365. The predicted octanol–water partition coefficient (Wildman–Crippen LogP) is -0.808. The van der Waals surface area contributed by atoms with Crippen molar-refractivity contribution in [2.75, 3.05) is 0 Å². The van der Waals surface area contributed by atoms with Gasteiger partial charge in [0, 0.05) is 0 Å². The van der Waals surface area contributed by atoms with Crippen molar-refractivity contribution in [3.63, 3.8) is 0 Å². The Morgan fingerprint density at radius 2 is 1.57 bits per heavy atom. The smallest absolute Gasteiger partial charge is 0.216 e. The van der Waals surface area contributed by atoms with Gasteiger partial charge in [-0.1, -0.05) is 0 Å². The van der Waals surface area contributed by atoms with E-state index in [4.69, 9.17) is 0 Å². The van der Waals surface area contributed by atoms with Gasteiger partial charge in [-0.2, -0.15) is 0 Å². The summed E-state index contributed by atoms with van der Waals surface area (Å²) in [6, 6.07) is 0.